The largest absolute Gasteiger partial charge is 0.407 e. The van der Waals surface area contributed by atoms with Gasteiger partial charge >= 0.3 is 6.01 Å². The molecule has 0 fully saturated rings. The van der Waals surface area contributed by atoms with E-state index < -0.39 is 11.7 Å². The molecule has 1 aromatic heterocycles. The van der Waals surface area contributed by atoms with Crippen LogP contribution in [0.25, 0.3) is 0 Å². The number of aromatic nitrogens is 2. The molecule has 1 heterocycles. The third-order valence-corrected chi connectivity index (χ3v) is 4.18. The zero-order valence-electron chi connectivity index (χ0n) is 14.3. The summed E-state index contributed by atoms with van der Waals surface area (Å²) in [6.45, 7) is 4.27. The lowest BCUT2D eigenvalue weighted by Crippen LogP contribution is -2.12. The molecule has 0 aliphatic heterocycles. The zero-order chi connectivity index (χ0) is 18.7. The smallest absolute Gasteiger partial charge is 0.322 e. The maximum Gasteiger partial charge on any atom is 0.322 e. The fraction of sp³-hybridized carbons (Fsp3) is 0.211. The van der Waals surface area contributed by atoms with Crippen molar-refractivity contribution < 1.29 is 13.6 Å². The van der Waals surface area contributed by atoms with Gasteiger partial charge in [-0.2, -0.15) is 0 Å². The van der Waals surface area contributed by atoms with Crippen LogP contribution >= 0.6 is 11.6 Å². The van der Waals surface area contributed by atoms with Crippen molar-refractivity contribution >= 4 is 23.5 Å². The van der Waals surface area contributed by atoms with Crippen LogP contribution < -0.4 is 5.32 Å². The van der Waals surface area contributed by atoms with Crippen molar-refractivity contribution in [1.82, 2.24) is 10.2 Å². The standard InChI is InChI=1S/C19H17ClFN3O2/c1-11(2)13-5-3-12(4-6-13)9-17-23-24-19(26-17)22-18(25)15-8-7-14(21)10-16(15)20/h3-8,10-11H,9H2,1-2H3,(H,22,24,25). The van der Waals surface area contributed by atoms with E-state index in [-0.39, 0.29) is 16.6 Å². The first kappa shape index (κ1) is 18.1. The average Bonchev–Trinajstić information content (AvgIpc) is 3.02. The van der Waals surface area contributed by atoms with Crippen LogP contribution in [0.1, 0.15) is 47.1 Å². The molecule has 0 aliphatic carbocycles. The van der Waals surface area contributed by atoms with Gasteiger partial charge in [0, 0.05) is 0 Å². The van der Waals surface area contributed by atoms with E-state index in [1.807, 2.05) is 12.1 Å². The summed E-state index contributed by atoms with van der Waals surface area (Å²) in [5, 5.41) is 10.2. The van der Waals surface area contributed by atoms with Gasteiger partial charge in [-0.05, 0) is 35.2 Å². The van der Waals surface area contributed by atoms with E-state index >= 15 is 0 Å². The summed E-state index contributed by atoms with van der Waals surface area (Å²) in [5.41, 5.74) is 2.40. The molecule has 7 heteroatoms. The molecule has 0 saturated heterocycles. The zero-order valence-corrected chi connectivity index (χ0v) is 15.0. The molecule has 3 rings (SSSR count). The molecule has 0 bridgehead atoms. The Balaban J connectivity index is 1.66. The molecule has 0 saturated carbocycles. The summed E-state index contributed by atoms with van der Waals surface area (Å²) in [6.07, 6.45) is 0.457. The van der Waals surface area contributed by atoms with E-state index in [0.29, 0.717) is 18.2 Å². The van der Waals surface area contributed by atoms with Crippen LogP contribution in [-0.4, -0.2) is 16.1 Å². The van der Waals surface area contributed by atoms with Crippen molar-refractivity contribution in [3.63, 3.8) is 0 Å². The van der Waals surface area contributed by atoms with Crippen molar-refractivity contribution in [3.05, 3.63) is 75.9 Å². The number of anilines is 1. The van der Waals surface area contributed by atoms with Crippen LogP contribution in [0, 0.1) is 5.82 Å². The van der Waals surface area contributed by atoms with E-state index in [1.54, 1.807) is 0 Å². The summed E-state index contributed by atoms with van der Waals surface area (Å²) >= 11 is 5.87. The number of nitrogens with one attached hydrogen (secondary N) is 1. The second-order valence-electron chi connectivity index (χ2n) is 6.15. The Hall–Kier alpha value is -2.73. The average molecular weight is 374 g/mol. The van der Waals surface area contributed by atoms with Gasteiger partial charge in [0.05, 0.1) is 17.0 Å². The molecule has 1 N–H and O–H groups in total. The van der Waals surface area contributed by atoms with Crippen molar-refractivity contribution in [2.75, 3.05) is 5.32 Å². The lowest BCUT2D eigenvalue weighted by atomic mass is 10.0. The van der Waals surface area contributed by atoms with Gasteiger partial charge in [-0.15, -0.1) is 5.10 Å². The number of halogens is 2. The first-order valence-corrected chi connectivity index (χ1v) is 8.48. The third-order valence-electron chi connectivity index (χ3n) is 3.86. The Kier molecular flexibility index (Phi) is 5.32. The number of amides is 1. The van der Waals surface area contributed by atoms with Crippen LogP contribution in [-0.2, 0) is 6.42 Å². The number of hydrogen-bond donors (Lipinski definition) is 1. The highest BCUT2D eigenvalue weighted by molar-refractivity contribution is 6.34. The molecule has 0 atom stereocenters. The highest BCUT2D eigenvalue weighted by Gasteiger charge is 2.15. The monoisotopic (exact) mass is 373 g/mol. The second-order valence-corrected chi connectivity index (χ2v) is 6.56. The van der Waals surface area contributed by atoms with Gasteiger partial charge in [0.2, 0.25) is 5.89 Å². The fourth-order valence-corrected chi connectivity index (χ4v) is 2.66. The Morgan fingerprint density at radius 3 is 2.58 bits per heavy atom. The fourth-order valence-electron chi connectivity index (χ4n) is 2.41. The molecule has 2 aromatic carbocycles. The number of carbonyl (C=O) groups excluding carboxylic acids is 1. The first-order chi connectivity index (χ1) is 12.4. The summed E-state index contributed by atoms with van der Waals surface area (Å²) < 4.78 is 18.5. The third kappa shape index (κ3) is 4.26. The molecule has 1 amide bonds. The molecule has 0 spiro atoms. The molecule has 5 nitrogen and oxygen atoms in total. The highest BCUT2D eigenvalue weighted by Crippen LogP contribution is 2.20. The van der Waals surface area contributed by atoms with E-state index in [1.165, 1.54) is 11.6 Å². The number of hydrogen-bond acceptors (Lipinski definition) is 4. The van der Waals surface area contributed by atoms with Gasteiger partial charge in [0.15, 0.2) is 0 Å². The van der Waals surface area contributed by atoms with Gasteiger partial charge in [-0.25, -0.2) is 4.39 Å². The van der Waals surface area contributed by atoms with Gasteiger partial charge in [-0.3, -0.25) is 10.1 Å². The summed E-state index contributed by atoms with van der Waals surface area (Å²) in [5.74, 6) is -0.225. The van der Waals surface area contributed by atoms with Gasteiger partial charge in [0.25, 0.3) is 5.91 Å². The molecule has 3 aromatic rings. The minimum Gasteiger partial charge on any atom is -0.407 e. The number of nitrogens with zero attached hydrogens (tertiary/aromatic N) is 2. The predicted octanol–water partition coefficient (Wildman–Crippen LogP) is 4.83. The van der Waals surface area contributed by atoms with E-state index in [9.17, 15) is 9.18 Å². The Bertz CT molecular complexity index is 923. The molecule has 26 heavy (non-hydrogen) atoms. The lowest BCUT2D eigenvalue weighted by molar-refractivity contribution is 0.102. The number of carbonyl (C=O) groups is 1. The Morgan fingerprint density at radius 1 is 1.19 bits per heavy atom. The lowest BCUT2D eigenvalue weighted by Gasteiger charge is -2.05. The second kappa shape index (κ2) is 7.66. The van der Waals surface area contributed by atoms with Crippen LogP contribution in [0.3, 0.4) is 0 Å². The van der Waals surface area contributed by atoms with E-state index in [2.05, 4.69) is 41.5 Å². The molecular weight excluding hydrogens is 357 g/mol. The molecular formula is C19H17ClFN3O2. The minimum atomic E-state index is -0.550. The molecule has 0 radical (unpaired) electrons. The maximum atomic E-state index is 13.1. The van der Waals surface area contributed by atoms with Gasteiger partial charge in [0.1, 0.15) is 5.82 Å². The topological polar surface area (TPSA) is 68.0 Å². The quantitative estimate of drug-likeness (QED) is 0.695. The summed E-state index contributed by atoms with van der Waals surface area (Å²) in [7, 11) is 0. The summed E-state index contributed by atoms with van der Waals surface area (Å²) in [4.78, 5) is 12.2. The predicted molar refractivity (Wildman–Crippen MR) is 97.0 cm³/mol. The minimum absolute atomic E-state index is 0.00693. The number of benzene rings is 2. The molecule has 0 aliphatic rings. The normalized spacial score (nSPS) is 11.0. The van der Waals surface area contributed by atoms with Crippen LogP contribution in [0.4, 0.5) is 10.4 Å². The van der Waals surface area contributed by atoms with Crippen molar-refractivity contribution in [3.8, 4) is 0 Å². The van der Waals surface area contributed by atoms with Crippen molar-refractivity contribution in [1.29, 1.82) is 0 Å². The summed E-state index contributed by atoms with van der Waals surface area (Å²) in [6, 6.07) is 11.6. The van der Waals surface area contributed by atoms with Gasteiger partial charge < -0.3 is 4.42 Å². The van der Waals surface area contributed by atoms with E-state index in [4.69, 9.17) is 16.0 Å². The van der Waals surface area contributed by atoms with Crippen molar-refractivity contribution in [2.45, 2.75) is 26.2 Å². The van der Waals surface area contributed by atoms with Crippen molar-refractivity contribution in [2.24, 2.45) is 0 Å². The Morgan fingerprint density at radius 2 is 1.92 bits per heavy atom. The van der Waals surface area contributed by atoms with Crippen LogP contribution in [0.2, 0.25) is 5.02 Å². The van der Waals surface area contributed by atoms with Gasteiger partial charge in [-0.1, -0.05) is 54.8 Å². The van der Waals surface area contributed by atoms with Crippen LogP contribution in [0.15, 0.2) is 46.9 Å². The Labute approximate surface area is 155 Å². The van der Waals surface area contributed by atoms with E-state index in [0.717, 1.165) is 17.7 Å². The molecule has 134 valence electrons. The maximum absolute atomic E-state index is 13.1. The highest BCUT2D eigenvalue weighted by atomic mass is 35.5. The molecule has 0 unspecified atom stereocenters. The van der Waals surface area contributed by atoms with Crippen LogP contribution in [0.5, 0.6) is 0 Å². The first-order valence-electron chi connectivity index (χ1n) is 8.10. The SMILES string of the molecule is CC(C)c1ccc(Cc2nnc(NC(=O)c3ccc(F)cc3Cl)o2)cc1. The number of rotatable bonds is 5.